The van der Waals surface area contributed by atoms with Crippen molar-refractivity contribution in [1.82, 2.24) is 15.4 Å². The molecule has 11 heteroatoms. The summed E-state index contributed by atoms with van der Waals surface area (Å²) in [6.45, 7) is 1.02. The fraction of sp³-hybridized carbons (Fsp3) is 0.357. The number of aromatic nitrogens is 1. The van der Waals surface area contributed by atoms with Crippen molar-refractivity contribution in [1.29, 1.82) is 0 Å². The number of methoxy groups -OCH3 is 1. The highest BCUT2D eigenvalue weighted by Crippen LogP contribution is 2.41. The van der Waals surface area contributed by atoms with Crippen molar-refractivity contribution in [2.75, 3.05) is 26.7 Å². The monoisotopic (exact) mass is 561 g/mol. The zero-order valence-electron chi connectivity index (χ0n) is 21.1. The molecule has 1 aromatic heterocycles. The molecular weight excluding hydrogens is 535 g/mol. The summed E-state index contributed by atoms with van der Waals surface area (Å²) < 4.78 is 46.0. The van der Waals surface area contributed by atoms with Crippen LogP contribution in [-0.2, 0) is 4.79 Å². The Morgan fingerprint density at radius 3 is 2.56 bits per heavy atom. The number of aliphatic hydroxyl groups is 1. The summed E-state index contributed by atoms with van der Waals surface area (Å²) in [5, 5.41) is 21.5. The number of aliphatic hydroxyl groups excluding tert-OH is 1. The lowest BCUT2D eigenvalue weighted by atomic mass is 9.73. The van der Waals surface area contributed by atoms with Crippen LogP contribution >= 0.6 is 11.6 Å². The molecule has 1 aliphatic rings. The molecule has 3 N–H and O–H groups in total. The maximum absolute atomic E-state index is 13.8. The van der Waals surface area contributed by atoms with Gasteiger partial charge in [0.05, 0.1) is 41.3 Å². The lowest BCUT2D eigenvalue weighted by Crippen LogP contribution is -2.48. The van der Waals surface area contributed by atoms with Gasteiger partial charge in [-0.15, -0.1) is 0 Å². The molecule has 4 rings (SSSR count). The van der Waals surface area contributed by atoms with Crippen molar-refractivity contribution < 1.29 is 33.0 Å². The average molecular weight is 562 g/mol. The topological polar surface area (TPSA) is 94.9 Å². The van der Waals surface area contributed by atoms with Gasteiger partial charge in [0, 0.05) is 42.4 Å². The number of rotatable bonds is 7. The largest absolute Gasteiger partial charge is 0.497 e. The molecular formula is C28H27ClF3N3O4. The Morgan fingerprint density at radius 1 is 1.23 bits per heavy atom. The molecule has 2 aromatic carbocycles. The number of likely N-dealkylation sites (tertiary alicyclic amines) is 1. The summed E-state index contributed by atoms with van der Waals surface area (Å²) in [4.78, 5) is 19.0. The summed E-state index contributed by atoms with van der Waals surface area (Å²) in [5.74, 6) is 1.97. The van der Waals surface area contributed by atoms with Crippen LogP contribution < -0.4 is 10.2 Å². The summed E-state index contributed by atoms with van der Waals surface area (Å²) in [7, 11) is 1.53. The third-order valence-electron chi connectivity index (χ3n) is 7.22. The van der Waals surface area contributed by atoms with E-state index in [1.165, 1.54) is 13.3 Å². The number of hydrogen-bond acceptors (Lipinski definition) is 6. The number of hydrogen-bond donors (Lipinski definition) is 3. The third kappa shape index (κ3) is 6.28. The molecule has 2 heterocycles. The lowest BCUT2D eigenvalue weighted by molar-refractivity contribution is -0.143. The van der Waals surface area contributed by atoms with Gasteiger partial charge in [0.1, 0.15) is 23.2 Å². The molecule has 39 heavy (non-hydrogen) atoms. The zero-order valence-corrected chi connectivity index (χ0v) is 21.9. The number of hydroxylamine groups is 1. The van der Waals surface area contributed by atoms with Crippen LogP contribution in [0.15, 0.2) is 36.5 Å². The predicted molar refractivity (Wildman–Crippen MR) is 139 cm³/mol. The van der Waals surface area contributed by atoms with Gasteiger partial charge < -0.3 is 9.84 Å². The van der Waals surface area contributed by atoms with Crippen molar-refractivity contribution in [3.8, 4) is 17.6 Å². The highest BCUT2D eigenvalue weighted by Gasteiger charge is 2.41. The first-order valence-electron chi connectivity index (χ1n) is 12.3. The van der Waals surface area contributed by atoms with Gasteiger partial charge in [-0.05, 0) is 43.9 Å². The van der Waals surface area contributed by atoms with Crippen molar-refractivity contribution in [2.24, 2.45) is 5.41 Å². The minimum Gasteiger partial charge on any atom is -0.497 e. The van der Waals surface area contributed by atoms with Crippen LogP contribution in [0.25, 0.3) is 10.9 Å². The van der Waals surface area contributed by atoms with E-state index >= 15 is 0 Å². The summed E-state index contributed by atoms with van der Waals surface area (Å²) in [6.07, 6.45) is 1.61. The maximum atomic E-state index is 13.8. The van der Waals surface area contributed by atoms with Crippen LogP contribution in [0.2, 0.25) is 5.02 Å². The number of ether oxygens (including phenoxy) is 1. The first-order valence-corrected chi connectivity index (χ1v) is 12.7. The van der Waals surface area contributed by atoms with Crippen LogP contribution in [0.5, 0.6) is 5.75 Å². The maximum Gasteiger partial charge on any atom is 0.249 e. The quantitative estimate of drug-likeness (QED) is 0.219. The Balaban J connectivity index is 1.45. The number of benzene rings is 2. The van der Waals surface area contributed by atoms with Crippen molar-refractivity contribution >= 4 is 28.4 Å². The second kappa shape index (κ2) is 12.2. The van der Waals surface area contributed by atoms with Gasteiger partial charge in [0.25, 0.3) is 0 Å². The first kappa shape index (κ1) is 28.6. The Labute approximate surface area is 228 Å². The van der Waals surface area contributed by atoms with Crippen molar-refractivity contribution in [3.63, 3.8) is 0 Å². The summed E-state index contributed by atoms with van der Waals surface area (Å²) in [6, 6.07) is 6.40. The van der Waals surface area contributed by atoms with Crippen LogP contribution in [0.1, 0.15) is 42.9 Å². The molecule has 206 valence electrons. The number of piperidine rings is 1. The number of pyridine rings is 1. The van der Waals surface area contributed by atoms with Crippen LogP contribution in [0.3, 0.4) is 0 Å². The fourth-order valence-electron chi connectivity index (χ4n) is 4.94. The number of nitrogens with one attached hydrogen (secondary N) is 1. The molecule has 0 spiro atoms. The standard InChI is InChI=1S/C28H27ClF3N3O4/c1-39-18-4-5-24-20(15-18)26(21(29)16-33-24)25(36)6-7-28(27(37)34-38)8-11-35(12-9-28)10-2-3-19-22(31)13-17(30)14-23(19)32/h4-5,13-16,25,36,38H,6-12H2,1H3,(H,34,37). The Bertz CT molecular complexity index is 1410. The third-order valence-corrected chi connectivity index (χ3v) is 7.52. The highest BCUT2D eigenvalue weighted by molar-refractivity contribution is 6.32. The molecule has 1 atom stereocenters. The van der Waals surface area contributed by atoms with Gasteiger partial charge in [0.2, 0.25) is 5.91 Å². The Hall–Kier alpha value is -3.36. The number of fused-ring (bicyclic) bond motifs is 1. The molecule has 1 fully saturated rings. The number of nitrogens with zero attached hydrogens (tertiary/aromatic N) is 2. The van der Waals surface area contributed by atoms with E-state index in [0.29, 0.717) is 60.3 Å². The smallest absolute Gasteiger partial charge is 0.249 e. The molecule has 1 aliphatic heterocycles. The van der Waals surface area contributed by atoms with Crippen molar-refractivity contribution in [3.05, 3.63) is 70.1 Å². The second-order valence-corrected chi connectivity index (χ2v) is 9.91. The van der Waals surface area contributed by atoms with Crippen LogP contribution in [0, 0.1) is 34.7 Å². The molecule has 0 aliphatic carbocycles. The van der Waals surface area contributed by atoms with E-state index in [2.05, 4.69) is 16.8 Å². The minimum absolute atomic E-state index is 0.177. The molecule has 3 aromatic rings. The van der Waals surface area contributed by atoms with E-state index in [0.717, 1.165) is 0 Å². The minimum atomic E-state index is -1.07. The second-order valence-electron chi connectivity index (χ2n) is 9.50. The normalized spacial score (nSPS) is 15.9. The zero-order chi connectivity index (χ0) is 28.2. The molecule has 0 saturated carbocycles. The molecule has 1 amide bonds. The van der Waals surface area contributed by atoms with Crippen LogP contribution in [-0.4, -0.2) is 52.8 Å². The molecule has 1 saturated heterocycles. The molecule has 7 nitrogen and oxygen atoms in total. The van der Waals surface area contributed by atoms with E-state index in [4.69, 9.17) is 16.3 Å². The summed E-state index contributed by atoms with van der Waals surface area (Å²) >= 11 is 6.41. The van der Waals surface area contributed by atoms with E-state index < -0.39 is 40.4 Å². The highest BCUT2D eigenvalue weighted by atomic mass is 35.5. The fourth-order valence-corrected chi connectivity index (χ4v) is 5.22. The van der Waals surface area contributed by atoms with Gasteiger partial charge in [-0.25, -0.2) is 18.7 Å². The molecule has 1 unspecified atom stereocenters. The number of carbonyl (C=O) groups excluding carboxylic acids is 1. The Morgan fingerprint density at radius 2 is 1.92 bits per heavy atom. The van der Waals surface area contributed by atoms with Crippen molar-refractivity contribution in [2.45, 2.75) is 31.8 Å². The SMILES string of the molecule is COc1ccc2ncc(Cl)c(C(O)CCC3(C(=O)NO)CCN(CC#Cc4c(F)cc(F)cc4F)CC3)c2c1. The van der Waals surface area contributed by atoms with Crippen LogP contribution in [0.4, 0.5) is 13.2 Å². The van der Waals surface area contributed by atoms with Gasteiger partial charge in [-0.3, -0.25) is 19.9 Å². The number of amides is 1. The number of halogens is 4. The molecule has 0 radical (unpaired) electrons. The molecule has 0 bridgehead atoms. The summed E-state index contributed by atoms with van der Waals surface area (Å²) in [5.41, 5.74) is 1.41. The Kier molecular flexibility index (Phi) is 8.97. The lowest BCUT2D eigenvalue weighted by Gasteiger charge is -2.40. The van der Waals surface area contributed by atoms with E-state index in [1.807, 2.05) is 4.90 Å². The van der Waals surface area contributed by atoms with E-state index in [-0.39, 0.29) is 24.4 Å². The van der Waals surface area contributed by atoms with Gasteiger partial charge in [-0.1, -0.05) is 23.4 Å². The van der Waals surface area contributed by atoms with E-state index in [9.17, 15) is 28.3 Å². The van der Waals surface area contributed by atoms with Gasteiger partial charge in [-0.2, -0.15) is 0 Å². The first-order chi connectivity index (χ1) is 18.7. The van der Waals surface area contributed by atoms with E-state index in [1.54, 1.807) is 23.7 Å². The predicted octanol–water partition coefficient (Wildman–Crippen LogP) is 4.77. The number of carbonyl (C=O) groups is 1. The van der Waals surface area contributed by atoms with Gasteiger partial charge >= 0.3 is 0 Å². The average Bonchev–Trinajstić information content (AvgIpc) is 2.93. The van der Waals surface area contributed by atoms with Gasteiger partial charge in [0.15, 0.2) is 0 Å².